The lowest BCUT2D eigenvalue weighted by Gasteiger charge is -2.07. The first kappa shape index (κ1) is 14.1. The van der Waals surface area contributed by atoms with Gasteiger partial charge in [-0.15, -0.1) is 0 Å². The van der Waals surface area contributed by atoms with Crippen LogP contribution in [0.5, 0.6) is 5.75 Å². The summed E-state index contributed by atoms with van der Waals surface area (Å²) in [5.41, 5.74) is 4.69. The van der Waals surface area contributed by atoms with Gasteiger partial charge < -0.3 is 9.30 Å². The molecule has 0 aliphatic carbocycles. The average molecular weight is 297 g/mol. The molecular formula is C16H15N3O3. The third kappa shape index (κ3) is 2.64. The molecule has 3 aromatic rings. The van der Waals surface area contributed by atoms with E-state index in [-0.39, 0.29) is 0 Å². The van der Waals surface area contributed by atoms with Crippen LogP contribution in [0.15, 0.2) is 48.8 Å². The first-order valence-electron chi connectivity index (χ1n) is 6.73. The lowest BCUT2D eigenvalue weighted by molar-refractivity contribution is 0.0706. The molecule has 0 aliphatic rings. The Morgan fingerprint density at radius 2 is 2.18 bits per heavy atom. The average Bonchev–Trinajstić information content (AvgIpc) is 2.96. The molecule has 0 unspecified atom stereocenters. The van der Waals surface area contributed by atoms with E-state index in [2.05, 4.69) is 4.98 Å². The summed E-state index contributed by atoms with van der Waals surface area (Å²) in [5.74, 6) is 0.248. The number of hydrogen-bond acceptors (Lipinski definition) is 4. The lowest BCUT2D eigenvalue weighted by atomic mass is 10.1. The van der Waals surface area contributed by atoms with Gasteiger partial charge in [0.15, 0.2) is 0 Å². The predicted octanol–water partition coefficient (Wildman–Crippen LogP) is 2.21. The summed E-state index contributed by atoms with van der Waals surface area (Å²) >= 11 is 0. The molecule has 3 rings (SSSR count). The molecule has 112 valence electrons. The van der Waals surface area contributed by atoms with Crippen LogP contribution in [0.2, 0.25) is 0 Å². The summed E-state index contributed by atoms with van der Waals surface area (Å²) in [4.78, 5) is 15.8. The number of carbonyl (C=O) groups is 1. The lowest BCUT2D eigenvalue weighted by Crippen LogP contribution is -2.18. The van der Waals surface area contributed by atoms with Crippen LogP contribution in [0.3, 0.4) is 0 Å². The number of amides is 1. The van der Waals surface area contributed by atoms with Gasteiger partial charge in [-0.1, -0.05) is 12.1 Å². The number of nitrogens with zero attached hydrogens (tertiary/aromatic N) is 2. The molecule has 0 atom stereocenters. The molecule has 6 heteroatoms. The zero-order valence-electron chi connectivity index (χ0n) is 12.0. The number of fused-ring (bicyclic) bond motifs is 1. The smallest absolute Gasteiger partial charge is 0.274 e. The van der Waals surface area contributed by atoms with E-state index >= 15 is 0 Å². The van der Waals surface area contributed by atoms with Crippen molar-refractivity contribution >= 4 is 16.9 Å². The van der Waals surface area contributed by atoms with E-state index in [1.807, 2.05) is 28.8 Å². The number of aromatic nitrogens is 2. The Kier molecular flexibility index (Phi) is 3.76. The first-order valence-corrected chi connectivity index (χ1v) is 6.73. The highest BCUT2D eigenvalue weighted by Crippen LogP contribution is 2.19. The summed E-state index contributed by atoms with van der Waals surface area (Å²) in [5, 5.41) is 8.74. The van der Waals surface area contributed by atoms with E-state index in [1.54, 1.807) is 37.1 Å². The van der Waals surface area contributed by atoms with Crippen molar-refractivity contribution in [2.45, 2.75) is 6.54 Å². The number of rotatable bonds is 4. The number of carbonyl (C=O) groups excluding carboxylic acids is 1. The topological polar surface area (TPSA) is 76.4 Å². The van der Waals surface area contributed by atoms with Gasteiger partial charge in [-0.2, -0.15) is 0 Å². The van der Waals surface area contributed by atoms with E-state index in [4.69, 9.17) is 9.94 Å². The zero-order chi connectivity index (χ0) is 15.5. The maximum absolute atomic E-state index is 11.5. The third-order valence-corrected chi connectivity index (χ3v) is 3.47. The van der Waals surface area contributed by atoms with Crippen LogP contribution in [0.25, 0.3) is 11.0 Å². The van der Waals surface area contributed by atoms with Crippen molar-refractivity contribution in [1.82, 2.24) is 15.0 Å². The number of methoxy groups -OCH3 is 1. The van der Waals surface area contributed by atoms with Crippen molar-refractivity contribution in [3.63, 3.8) is 0 Å². The van der Waals surface area contributed by atoms with Gasteiger partial charge in [0.1, 0.15) is 5.75 Å². The minimum atomic E-state index is -0.545. The van der Waals surface area contributed by atoms with Gasteiger partial charge in [-0.05, 0) is 35.9 Å². The van der Waals surface area contributed by atoms with Crippen LogP contribution in [0, 0.1) is 0 Å². The normalized spacial score (nSPS) is 10.6. The third-order valence-electron chi connectivity index (χ3n) is 3.47. The van der Waals surface area contributed by atoms with Crippen LogP contribution in [-0.2, 0) is 6.54 Å². The highest BCUT2D eigenvalue weighted by atomic mass is 16.5. The van der Waals surface area contributed by atoms with E-state index in [0.717, 1.165) is 22.3 Å². The first-order chi connectivity index (χ1) is 10.7. The highest BCUT2D eigenvalue weighted by Gasteiger charge is 2.09. The van der Waals surface area contributed by atoms with Crippen molar-refractivity contribution in [3.8, 4) is 5.75 Å². The van der Waals surface area contributed by atoms with Gasteiger partial charge in [-0.25, -0.2) is 10.5 Å². The fourth-order valence-electron chi connectivity index (χ4n) is 2.36. The number of nitrogens with one attached hydrogen (secondary N) is 1. The molecule has 0 saturated carbocycles. The Morgan fingerprint density at radius 3 is 2.95 bits per heavy atom. The summed E-state index contributed by atoms with van der Waals surface area (Å²) in [7, 11) is 1.63. The van der Waals surface area contributed by atoms with Crippen LogP contribution in [0.1, 0.15) is 15.9 Å². The Morgan fingerprint density at radius 1 is 1.32 bits per heavy atom. The van der Waals surface area contributed by atoms with Gasteiger partial charge in [0, 0.05) is 12.1 Å². The predicted molar refractivity (Wildman–Crippen MR) is 81.1 cm³/mol. The van der Waals surface area contributed by atoms with E-state index in [1.165, 1.54) is 0 Å². The molecule has 0 aliphatic heterocycles. The van der Waals surface area contributed by atoms with Crippen molar-refractivity contribution in [3.05, 3.63) is 59.9 Å². The molecule has 1 heterocycles. The molecule has 0 bridgehead atoms. The van der Waals surface area contributed by atoms with Gasteiger partial charge in [-0.3, -0.25) is 10.0 Å². The molecule has 0 radical (unpaired) electrons. The fourth-order valence-corrected chi connectivity index (χ4v) is 2.36. The molecule has 2 N–H and O–H groups in total. The van der Waals surface area contributed by atoms with Crippen molar-refractivity contribution in [1.29, 1.82) is 0 Å². The van der Waals surface area contributed by atoms with Crippen molar-refractivity contribution < 1.29 is 14.7 Å². The van der Waals surface area contributed by atoms with Crippen LogP contribution in [-0.4, -0.2) is 27.8 Å². The summed E-state index contributed by atoms with van der Waals surface area (Å²) in [6.07, 6.45) is 1.73. The fraction of sp³-hybridized carbons (Fsp3) is 0.125. The second kappa shape index (κ2) is 5.87. The van der Waals surface area contributed by atoms with Crippen LogP contribution >= 0.6 is 0 Å². The maximum Gasteiger partial charge on any atom is 0.274 e. The summed E-state index contributed by atoms with van der Waals surface area (Å²) < 4.78 is 7.16. The molecule has 1 aromatic heterocycles. The van der Waals surface area contributed by atoms with Gasteiger partial charge in [0.2, 0.25) is 0 Å². The molecule has 0 spiro atoms. The van der Waals surface area contributed by atoms with Crippen LogP contribution in [0.4, 0.5) is 0 Å². The van der Waals surface area contributed by atoms with Gasteiger partial charge >= 0.3 is 0 Å². The van der Waals surface area contributed by atoms with E-state index in [0.29, 0.717) is 12.1 Å². The summed E-state index contributed by atoms with van der Waals surface area (Å²) in [6.45, 7) is 0.609. The van der Waals surface area contributed by atoms with Crippen molar-refractivity contribution in [2.24, 2.45) is 0 Å². The van der Waals surface area contributed by atoms with Crippen LogP contribution < -0.4 is 10.2 Å². The van der Waals surface area contributed by atoms with Gasteiger partial charge in [0.25, 0.3) is 5.91 Å². The zero-order valence-corrected chi connectivity index (χ0v) is 12.0. The highest BCUT2D eigenvalue weighted by molar-refractivity contribution is 5.96. The van der Waals surface area contributed by atoms with Crippen molar-refractivity contribution in [2.75, 3.05) is 7.11 Å². The minimum Gasteiger partial charge on any atom is -0.497 e. The van der Waals surface area contributed by atoms with E-state index in [9.17, 15) is 4.79 Å². The molecule has 0 saturated heterocycles. The van der Waals surface area contributed by atoms with E-state index < -0.39 is 5.91 Å². The standard InChI is InChI=1S/C16H15N3O3/c1-22-13-4-2-3-11(7-13)9-19-10-17-14-6-5-12(8-15(14)19)16(20)18-21/h2-8,10,21H,9H2,1H3,(H,18,20). The number of benzene rings is 2. The molecule has 22 heavy (non-hydrogen) atoms. The molecule has 2 aromatic carbocycles. The Bertz CT molecular complexity index is 826. The quantitative estimate of drug-likeness (QED) is 0.572. The largest absolute Gasteiger partial charge is 0.497 e. The Labute approximate surface area is 126 Å². The molecule has 0 fully saturated rings. The molecule has 6 nitrogen and oxygen atoms in total. The second-order valence-corrected chi connectivity index (χ2v) is 4.87. The minimum absolute atomic E-state index is 0.377. The number of hydrogen-bond donors (Lipinski definition) is 2. The Hall–Kier alpha value is -2.86. The molecular weight excluding hydrogens is 282 g/mol. The number of imidazole rings is 1. The number of ether oxygens (including phenoxy) is 1. The number of hydroxylamine groups is 1. The Balaban J connectivity index is 1.97. The summed E-state index contributed by atoms with van der Waals surface area (Å²) in [6, 6.07) is 12.8. The maximum atomic E-state index is 11.5. The molecule has 1 amide bonds. The second-order valence-electron chi connectivity index (χ2n) is 4.87. The monoisotopic (exact) mass is 297 g/mol. The SMILES string of the molecule is COc1cccc(Cn2cnc3ccc(C(=O)NO)cc32)c1. The van der Waals surface area contributed by atoms with Gasteiger partial charge in [0.05, 0.1) is 24.5 Å².